The van der Waals surface area contributed by atoms with Gasteiger partial charge in [-0.15, -0.1) is 0 Å². The van der Waals surface area contributed by atoms with Crippen molar-refractivity contribution in [3.63, 3.8) is 0 Å². The Kier molecular flexibility index (Phi) is 6.89. The number of carbonyl (C=O) groups excluding carboxylic acids is 2. The largest absolute Gasteiger partial charge is 0.417 e. The molecule has 2 rings (SSSR count). The number of nitrogens with one attached hydrogen (secondary N) is 2. The number of pyridine rings is 1. The fraction of sp³-hybridized carbons (Fsp3) is 0.188. The Balaban J connectivity index is 1.79. The highest BCUT2D eigenvalue weighted by Crippen LogP contribution is 2.29. The van der Waals surface area contributed by atoms with Crippen molar-refractivity contribution in [1.29, 1.82) is 0 Å². The highest BCUT2D eigenvalue weighted by molar-refractivity contribution is 7.99. The van der Waals surface area contributed by atoms with E-state index in [1.54, 1.807) is 0 Å². The number of benzene rings is 1. The van der Waals surface area contributed by atoms with Gasteiger partial charge >= 0.3 is 6.18 Å². The number of carbonyl (C=O) groups is 2. The van der Waals surface area contributed by atoms with Crippen LogP contribution in [0.5, 0.6) is 0 Å². The lowest BCUT2D eigenvalue weighted by molar-refractivity contribution is -0.137. The molecule has 0 aliphatic carbocycles. The van der Waals surface area contributed by atoms with Crippen molar-refractivity contribution in [3.05, 3.63) is 53.5 Å². The maximum absolute atomic E-state index is 13.4. The van der Waals surface area contributed by atoms with Crippen molar-refractivity contribution >= 4 is 29.3 Å². The molecule has 1 heterocycles. The summed E-state index contributed by atoms with van der Waals surface area (Å²) in [5, 5.41) is 4.31. The van der Waals surface area contributed by atoms with E-state index in [-0.39, 0.29) is 10.8 Å². The molecule has 0 saturated heterocycles. The number of anilines is 1. The van der Waals surface area contributed by atoms with E-state index in [2.05, 4.69) is 10.3 Å². The third-order valence-electron chi connectivity index (χ3n) is 3.17. The van der Waals surface area contributed by atoms with Gasteiger partial charge in [0.05, 0.1) is 28.6 Å². The number of amides is 2. The van der Waals surface area contributed by atoms with E-state index in [0.717, 1.165) is 30.0 Å². The Morgan fingerprint density at radius 1 is 1.00 bits per heavy atom. The summed E-state index contributed by atoms with van der Waals surface area (Å²) in [6.45, 7) is -0.585. The predicted octanol–water partition coefficient (Wildman–Crippen LogP) is 3.36. The van der Waals surface area contributed by atoms with Crippen LogP contribution in [0.1, 0.15) is 5.56 Å². The van der Waals surface area contributed by atoms with Crippen LogP contribution in [-0.4, -0.2) is 29.1 Å². The second-order valence-electron chi connectivity index (χ2n) is 5.22. The summed E-state index contributed by atoms with van der Waals surface area (Å²) in [6.07, 6.45) is -3.89. The number of thioether (sulfide) groups is 1. The molecule has 0 aliphatic heterocycles. The first-order chi connectivity index (χ1) is 13.1. The van der Waals surface area contributed by atoms with Gasteiger partial charge in [0.2, 0.25) is 11.8 Å². The predicted molar refractivity (Wildman–Crippen MR) is 87.9 cm³/mol. The van der Waals surface area contributed by atoms with E-state index < -0.39 is 53.2 Å². The van der Waals surface area contributed by atoms with Crippen LogP contribution in [-0.2, 0) is 15.8 Å². The quantitative estimate of drug-likeness (QED) is 0.425. The van der Waals surface area contributed by atoms with Crippen molar-refractivity contribution < 1.29 is 35.9 Å². The Morgan fingerprint density at radius 3 is 2.32 bits per heavy atom. The van der Waals surface area contributed by atoms with Crippen LogP contribution in [0, 0.1) is 17.5 Å². The van der Waals surface area contributed by atoms with Gasteiger partial charge in [-0.25, -0.2) is 18.2 Å². The van der Waals surface area contributed by atoms with Crippen LogP contribution >= 0.6 is 11.8 Å². The fourth-order valence-corrected chi connectivity index (χ4v) is 2.49. The topological polar surface area (TPSA) is 71.1 Å². The molecule has 28 heavy (non-hydrogen) atoms. The molecule has 1 aromatic heterocycles. The molecule has 2 aromatic rings. The normalized spacial score (nSPS) is 11.2. The molecule has 1 aromatic carbocycles. The molecule has 0 saturated carbocycles. The number of aromatic nitrogens is 1. The minimum atomic E-state index is -4.52. The van der Waals surface area contributed by atoms with Crippen LogP contribution < -0.4 is 10.6 Å². The molecule has 5 nitrogen and oxygen atoms in total. The number of hydrogen-bond acceptors (Lipinski definition) is 4. The van der Waals surface area contributed by atoms with Gasteiger partial charge in [-0.3, -0.25) is 9.59 Å². The molecule has 0 unspecified atom stereocenters. The Labute approximate surface area is 158 Å². The third kappa shape index (κ3) is 5.87. The molecule has 0 radical (unpaired) electrons. The fourth-order valence-electron chi connectivity index (χ4n) is 1.82. The number of nitrogens with zero attached hydrogens (tertiary/aromatic N) is 1. The highest BCUT2D eigenvalue weighted by Gasteiger charge is 2.30. The van der Waals surface area contributed by atoms with E-state index in [1.165, 1.54) is 0 Å². The lowest BCUT2D eigenvalue weighted by atomic mass is 10.2. The van der Waals surface area contributed by atoms with Gasteiger partial charge in [-0.2, -0.15) is 13.2 Å². The maximum Gasteiger partial charge on any atom is 0.417 e. The van der Waals surface area contributed by atoms with Gasteiger partial charge in [-0.1, -0.05) is 11.8 Å². The van der Waals surface area contributed by atoms with Gasteiger partial charge in [0.1, 0.15) is 0 Å². The highest BCUT2D eigenvalue weighted by atomic mass is 32.2. The number of rotatable bonds is 6. The molecule has 150 valence electrons. The first-order valence-corrected chi connectivity index (χ1v) is 8.42. The van der Waals surface area contributed by atoms with Gasteiger partial charge < -0.3 is 10.6 Å². The average Bonchev–Trinajstić information content (AvgIpc) is 2.65. The molecule has 2 N–H and O–H groups in total. The van der Waals surface area contributed by atoms with E-state index in [1.807, 2.05) is 5.32 Å². The Hall–Kier alpha value is -2.76. The minimum absolute atomic E-state index is 0.163. The molecular formula is C16H11F6N3O2S. The molecule has 12 heteroatoms. The number of halogens is 6. The Bertz CT molecular complexity index is 874. The summed E-state index contributed by atoms with van der Waals surface area (Å²) < 4.78 is 76.6. The standard InChI is InChI=1S/C16H11F6N3O2S/c17-9-2-3-10(15(19)14(9)18)25-11(26)6-23-12(27)7-28-13-4-1-8(5-24-13)16(20,21)22/h1-5H,6-7H2,(H,23,27)(H,25,26). The van der Waals surface area contributed by atoms with Crippen LogP contribution in [0.4, 0.5) is 32.0 Å². The van der Waals surface area contributed by atoms with Crippen molar-refractivity contribution in [2.45, 2.75) is 11.2 Å². The summed E-state index contributed by atoms with van der Waals surface area (Å²) in [7, 11) is 0. The van der Waals surface area contributed by atoms with Gasteiger partial charge in [0, 0.05) is 6.20 Å². The minimum Gasteiger partial charge on any atom is -0.346 e. The lowest BCUT2D eigenvalue weighted by Crippen LogP contribution is -2.34. The number of alkyl halides is 3. The lowest BCUT2D eigenvalue weighted by Gasteiger charge is -2.09. The molecular weight excluding hydrogens is 412 g/mol. The SMILES string of the molecule is O=C(CSc1ccc(C(F)(F)F)cn1)NCC(=O)Nc1ccc(F)c(F)c1F. The first kappa shape index (κ1) is 21.5. The Morgan fingerprint density at radius 2 is 1.71 bits per heavy atom. The van der Waals surface area contributed by atoms with Gasteiger partial charge in [0.15, 0.2) is 17.5 Å². The van der Waals surface area contributed by atoms with Crippen LogP contribution in [0.2, 0.25) is 0 Å². The first-order valence-electron chi connectivity index (χ1n) is 7.44. The van der Waals surface area contributed by atoms with Crippen molar-refractivity contribution in [2.24, 2.45) is 0 Å². The smallest absolute Gasteiger partial charge is 0.346 e. The van der Waals surface area contributed by atoms with E-state index in [0.29, 0.717) is 12.3 Å². The monoisotopic (exact) mass is 423 g/mol. The zero-order chi connectivity index (χ0) is 20.9. The summed E-state index contributed by atoms with van der Waals surface area (Å²) in [6, 6.07) is 3.36. The summed E-state index contributed by atoms with van der Waals surface area (Å²) in [4.78, 5) is 26.9. The van der Waals surface area contributed by atoms with E-state index in [9.17, 15) is 35.9 Å². The molecule has 0 aliphatic rings. The maximum atomic E-state index is 13.4. The van der Waals surface area contributed by atoms with Crippen LogP contribution in [0.3, 0.4) is 0 Å². The summed E-state index contributed by atoms with van der Waals surface area (Å²) in [5.74, 6) is -6.53. The molecule has 0 bridgehead atoms. The van der Waals surface area contributed by atoms with Gasteiger partial charge in [0.25, 0.3) is 0 Å². The van der Waals surface area contributed by atoms with E-state index >= 15 is 0 Å². The third-order valence-corrected chi connectivity index (χ3v) is 4.11. The molecule has 2 amide bonds. The molecule has 0 fully saturated rings. The van der Waals surface area contributed by atoms with Gasteiger partial charge in [-0.05, 0) is 24.3 Å². The number of hydrogen-bond donors (Lipinski definition) is 2. The summed E-state index contributed by atoms with van der Waals surface area (Å²) >= 11 is 0.836. The zero-order valence-electron chi connectivity index (χ0n) is 13.7. The molecule has 0 atom stereocenters. The van der Waals surface area contributed by atoms with Crippen LogP contribution in [0.15, 0.2) is 35.5 Å². The summed E-state index contributed by atoms with van der Waals surface area (Å²) in [5.41, 5.74) is -1.52. The van der Waals surface area contributed by atoms with Crippen molar-refractivity contribution in [1.82, 2.24) is 10.3 Å². The zero-order valence-corrected chi connectivity index (χ0v) is 14.6. The van der Waals surface area contributed by atoms with E-state index in [4.69, 9.17) is 0 Å². The second-order valence-corrected chi connectivity index (χ2v) is 6.21. The van der Waals surface area contributed by atoms with Crippen molar-refractivity contribution in [2.75, 3.05) is 17.6 Å². The average molecular weight is 423 g/mol. The van der Waals surface area contributed by atoms with Crippen molar-refractivity contribution in [3.8, 4) is 0 Å². The van der Waals surface area contributed by atoms with Crippen LogP contribution in [0.25, 0.3) is 0 Å². The second kappa shape index (κ2) is 8.95. The molecule has 0 spiro atoms.